The molecule has 0 aromatic carbocycles. The minimum absolute atomic E-state index is 0.410. The van der Waals surface area contributed by atoms with E-state index in [0.717, 1.165) is 18.7 Å². The zero-order chi connectivity index (χ0) is 14.1. The molecule has 3 rings (SSSR count). The summed E-state index contributed by atoms with van der Waals surface area (Å²) in [5.74, 6) is 0.432. The second-order valence-electron chi connectivity index (χ2n) is 4.25. The van der Waals surface area contributed by atoms with Crippen molar-refractivity contribution in [2.75, 3.05) is 5.32 Å². The number of hydrogen-bond donors (Lipinski definition) is 2. The Morgan fingerprint density at radius 1 is 1.45 bits per heavy atom. The molecule has 0 aliphatic heterocycles. The summed E-state index contributed by atoms with van der Waals surface area (Å²) in [6.45, 7) is 2.98. The molecule has 0 aliphatic carbocycles. The molecule has 0 atom stereocenters. The molecule has 0 bridgehead atoms. The Balaban J connectivity index is 1.90. The topological polar surface area (TPSA) is 84.3 Å². The lowest BCUT2D eigenvalue weighted by atomic mass is 10.4. The van der Waals surface area contributed by atoms with Gasteiger partial charge < -0.3 is 5.32 Å². The predicted octanol–water partition coefficient (Wildman–Crippen LogP) is 1.15. The number of anilines is 2. The highest BCUT2D eigenvalue weighted by Gasteiger charge is 2.11. The van der Waals surface area contributed by atoms with Gasteiger partial charge in [-0.05, 0) is 6.42 Å². The van der Waals surface area contributed by atoms with Crippen LogP contribution in [0.2, 0.25) is 5.15 Å². The molecule has 0 saturated carbocycles. The first-order chi connectivity index (χ1) is 9.67. The lowest BCUT2D eigenvalue weighted by molar-refractivity contribution is 0.603. The largest absolute Gasteiger partial charge is 0.321 e. The summed E-state index contributed by atoms with van der Waals surface area (Å²) in [4.78, 5) is 8.59. The highest BCUT2D eigenvalue weighted by atomic mass is 35.5. The van der Waals surface area contributed by atoms with Crippen molar-refractivity contribution in [2.24, 2.45) is 0 Å². The molecule has 0 spiro atoms. The van der Waals surface area contributed by atoms with Gasteiger partial charge in [0.25, 0.3) is 0 Å². The van der Waals surface area contributed by atoms with Gasteiger partial charge in [-0.1, -0.05) is 18.5 Å². The van der Waals surface area contributed by atoms with Crippen LogP contribution in [0.25, 0.3) is 11.0 Å². The quantitative estimate of drug-likeness (QED) is 0.706. The number of nitrogens with zero attached hydrogens (tertiary/aromatic N) is 5. The van der Waals surface area contributed by atoms with E-state index >= 15 is 0 Å². The molecule has 3 heterocycles. The van der Waals surface area contributed by atoms with Crippen molar-refractivity contribution in [3.05, 3.63) is 17.5 Å². The van der Waals surface area contributed by atoms with Gasteiger partial charge in [-0.2, -0.15) is 15.2 Å². The van der Waals surface area contributed by atoms with Gasteiger partial charge in [-0.15, -0.1) is 0 Å². The Morgan fingerprint density at radius 3 is 3.10 bits per heavy atom. The van der Waals surface area contributed by atoms with E-state index < -0.39 is 0 Å². The van der Waals surface area contributed by atoms with Crippen molar-refractivity contribution in [1.82, 2.24) is 29.9 Å². The van der Waals surface area contributed by atoms with Crippen molar-refractivity contribution in [2.45, 2.75) is 19.9 Å². The summed E-state index contributed by atoms with van der Waals surface area (Å²) in [6.07, 6.45) is 4.66. The maximum atomic E-state index is 5.97. The Labute approximate surface area is 123 Å². The monoisotopic (exact) mass is 304 g/mol. The molecular formula is C11H11ClN7Si. The van der Waals surface area contributed by atoms with E-state index in [2.05, 4.69) is 47.7 Å². The van der Waals surface area contributed by atoms with E-state index in [4.69, 9.17) is 11.6 Å². The van der Waals surface area contributed by atoms with E-state index in [1.54, 1.807) is 6.20 Å². The molecule has 0 amide bonds. The van der Waals surface area contributed by atoms with Crippen molar-refractivity contribution >= 4 is 49.8 Å². The van der Waals surface area contributed by atoms with E-state index in [9.17, 15) is 0 Å². The molecule has 0 aliphatic rings. The summed E-state index contributed by atoms with van der Waals surface area (Å²) >= 11 is 5.97. The van der Waals surface area contributed by atoms with E-state index in [0.29, 0.717) is 27.5 Å². The first kappa shape index (κ1) is 13.1. The van der Waals surface area contributed by atoms with Gasteiger partial charge >= 0.3 is 0 Å². The van der Waals surface area contributed by atoms with Crippen molar-refractivity contribution in [3.8, 4) is 0 Å². The molecule has 3 aromatic heterocycles. The SMILES string of the molecule is CCCn1cc(Nc2nc([Si])c3c(Cl)[nH]nc3n2)cn1. The van der Waals surface area contributed by atoms with E-state index in [1.165, 1.54) is 0 Å². The maximum absolute atomic E-state index is 5.97. The summed E-state index contributed by atoms with van der Waals surface area (Å²) in [5, 5.41) is 15.7. The number of aromatic amines is 1. The van der Waals surface area contributed by atoms with Gasteiger partial charge in [0.15, 0.2) is 5.65 Å². The van der Waals surface area contributed by atoms with Crippen LogP contribution in [-0.2, 0) is 6.54 Å². The highest BCUT2D eigenvalue weighted by molar-refractivity contribution is 6.43. The second-order valence-corrected chi connectivity index (χ2v) is 5.10. The third-order valence-electron chi connectivity index (χ3n) is 2.71. The van der Waals surface area contributed by atoms with Crippen molar-refractivity contribution < 1.29 is 0 Å². The Kier molecular flexibility index (Phi) is 3.41. The normalized spacial score (nSPS) is 11.2. The average molecular weight is 305 g/mol. The zero-order valence-corrected chi connectivity index (χ0v) is 12.4. The molecule has 20 heavy (non-hydrogen) atoms. The number of fused-ring (bicyclic) bond motifs is 1. The molecule has 9 heteroatoms. The molecule has 0 fully saturated rings. The minimum Gasteiger partial charge on any atom is -0.321 e. The van der Waals surface area contributed by atoms with Gasteiger partial charge in [0.2, 0.25) is 5.95 Å². The Hall–Kier alpha value is -1.93. The average Bonchev–Trinajstić information content (AvgIpc) is 2.98. The third kappa shape index (κ3) is 2.39. The highest BCUT2D eigenvalue weighted by Crippen LogP contribution is 2.18. The third-order valence-corrected chi connectivity index (χ3v) is 3.35. The number of aromatic nitrogens is 6. The van der Waals surface area contributed by atoms with Crippen LogP contribution < -0.4 is 10.6 Å². The maximum Gasteiger partial charge on any atom is 0.229 e. The number of hydrogen-bond acceptors (Lipinski definition) is 5. The van der Waals surface area contributed by atoms with Gasteiger partial charge in [0.1, 0.15) is 15.4 Å². The molecule has 3 aromatic rings. The second kappa shape index (κ2) is 5.21. The summed E-state index contributed by atoms with van der Waals surface area (Å²) < 4.78 is 1.86. The number of nitrogens with one attached hydrogen (secondary N) is 2. The lowest BCUT2D eigenvalue weighted by Gasteiger charge is -2.03. The van der Waals surface area contributed by atoms with Crippen LogP contribution in [0.3, 0.4) is 0 Å². The molecule has 0 saturated heterocycles. The Morgan fingerprint density at radius 2 is 2.30 bits per heavy atom. The molecule has 0 unspecified atom stereocenters. The first-order valence-electron chi connectivity index (χ1n) is 6.10. The van der Waals surface area contributed by atoms with Crippen LogP contribution in [0.1, 0.15) is 13.3 Å². The van der Waals surface area contributed by atoms with Crippen LogP contribution >= 0.6 is 11.6 Å². The lowest BCUT2D eigenvalue weighted by Crippen LogP contribution is -2.13. The Bertz CT molecular complexity index is 750. The van der Waals surface area contributed by atoms with Gasteiger partial charge in [-0.3, -0.25) is 9.78 Å². The van der Waals surface area contributed by atoms with E-state index in [1.807, 2.05) is 10.9 Å². The predicted molar refractivity (Wildman–Crippen MR) is 77.9 cm³/mol. The minimum atomic E-state index is 0.410. The van der Waals surface area contributed by atoms with Gasteiger partial charge in [0, 0.05) is 18.1 Å². The van der Waals surface area contributed by atoms with Crippen molar-refractivity contribution in [3.63, 3.8) is 0 Å². The molecule has 2 N–H and O–H groups in total. The number of aryl methyl sites for hydroxylation is 1. The van der Waals surface area contributed by atoms with Gasteiger partial charge in [0.05, 0.1) is 17.3 Å². The number of rotatable bonds is 4. The van der Waals surface area contributed by atoms with Crippen LogP contribution in [0.15, 0.2) is 12.4 Å². The number of halogens is 1. The fourth-order valence-corrected chi connectivity index (χ4v) is 2.49. The standard InChI is InChI=1S/C11H11ClN7Si/c1-2-3-19-5-6(4-13-19)14-11-15-9-7(10(20)16-11)8(12)17-18-9/h4-5H,2-3H2,1H3,(H2,14,15,16,17,18). The number of H-pyrrole nitrogens is 1. The van der Waals surface area contributed by atoms with Crippen molar-refractivity contribution in [1.29, 1.82) is 0 Å². The first-order valence-corrected chi connectivity index (χ1v) is 6.98. The van der Waals surface area contributed by atoms with Crippen LogP contribution in [-0.4, -0.2) is 40.2 Å². The molecule has 3 radical (unpaired) electrons. The fraction of sp³-hybridized carbons (Fsp3) is 0.273. The molecular weight excluding hydrogens is 294 g/mol. The summed E-state index contributed by atoms with van der Waals surface area (Å²) in [7, 11) is 3.42. The summed E-state index contributed by atoms with van der Waals surface area (Å²) in [5.41, 5.74) is 1.32. The summed E-state index contributed by atoms with van der Waals surface area (Å²) in [6, 6.07) is 0. The molecule has 7 nitrogen and oxygen atoms in total. The van der Waals surface area contributed by atoms with Crippen LogP contribution in [0.5, 0.6) is 0 Å². The smallest absolute Gasteiger partial charge is 0.229 e. The molecule has 101 valence electrons. The fourth-order valence-electron chi connectivity index (χ4n) is 1.85. The van der Waals surface area contributed by atoms with E-state index in [-0.39, 0.29) is 0 Å². The van der Waals surface area contributed by atoms with Crippen LogP contribution in [0, 0.1) is 0 Å². The van der Waals surface area contributed by atoms with Crippen LogP contribution in [0.4, 0.5) is 11.6 Å². The zero-order valence-electron chi connectivity index (χ0n) is 10.7. The van der Waals surface area contributed by atoms with Gasteiger partial charge in [-0.25, -0.2) is 4.98 Å².